The van der Waals surface area contributed by atoms with E-state index in [1.165, 1.54) is 12.1 Å². The molecule has 0 bridgehead atoms. The summed E-state index contributed by atoms with van der Waals surface area (Å²) in [5.41, 5.74) is 0.266. The van der Waals surface area contributed by atoms with Crippen LogP contribution in [0, 0.1) is 0 Å². The summed E-state index contributed by atoms with van der Waals surface area (Å²) in [6, 6.07) is 6.01. The Labute approximate surface area is 169 Å². The smallest absolute Gasteiger partial charge is 0.345 e. The molecule has 0 heterocycles. The average molecular weight is 418 g/mol. The van der Waals surface area contributed by atoms with Crippen molar-refractivity contribution >= 4 is 24.0 Å². The van der Waals surface area contributed by atoms with E-state index >= 15 is 0 Å². The maximum Gasteiger partial charge on any atom is 0.345 e. The van der Waals surface area contributed by atoms with Gasteiger partial charge in [-0.2, -0.15) is 0 Å². The Balaban J connectivity index is 2.17. The van der Waals surface area contributed by atoms with Crippen molar-refractivity contribution in [3.63, 3.8) is 0 Å². The van der Waals surface area contributed by atoms with Crippen LogP contribution >= 0.6 is 0 Å². The number of hydrogen-bond donors (Lipinski definition) is 6. The summed E-state index contributed by atoms with van der Waals surface area (Å²) in [4.78, 5) is 34.4. The fourth-order valence-corrected chi connectivity index (χ4v) is 2.56. The number of rotatable bonds is 8. The van der Waals surface area contributed by atoms with E-state index in [-0.39, 0.29) is 23.3 Å². The molecule has 6 N–H and O–H groups in total. The van der Waals surface area contributed by atoms with Crippen molar-refractivity contribution in [3.8, 4) is 23.0 Å². The molecule has 0 aromatic heterocycles. The van der Waals surface area contributed by atoms with Crippen LogP contribution in [0.4, 0.5) is 0 Å². The summed E-state index contributed by atoms with van der Waals surface area (Å²) >= 11 is 0. The number of hydrogen-bond acceptors (Lipinski definition) is 8. The normalized spacial score (nSPS) is 11.9. The first-order chi connectivity index (χ1) is 14.1. The highest BCUT2D eigenvalue weighted by Crippen LogP contribution is 2.32. The second-order valence-electron chi connectivity index (χ2n) is 6.20. The van der Waals surface area contributed by atoms with E-state index in [0.29, 0.717) is 5.56 Å². The molecule has 2 rings (SSSR count). The molecule has 0 saturated carbocycles. The van der Waals surface area contributed by atoms with E-state index in [9.17, 15) is 39.9 Å². The van der Waals surface area contributed by atoms with Gasteiger partial charge in [-0.25, -0.2) is 9.59 Å². The van der Waals surface area contributed by atoms with Gasteiger partial charge in [0.05, 0.1) is 6.42 Å². The average Bonchev–Trinajstić information content (AvgIpc) is 2.66. The molecule has 0 saturated heterocycles. The van der Waals surface area contributed by atoms with Crippen LogP contribution < -0.4 is 0 Å². The van der Waals surface area contributed by atoms with E-state index < -0.39 is 47.7 Å². The zero-order chi connectivity index (χ0) is 22.4. The molecule has 0 radical (unpaired) electrons. The number of esters is 1. The molecule has 30 heavy (non-hydrogen) atoms. The number of aromatic hydroxyl groups is 4. The second-order valence-corrected chi connectivity index (χ2v) is 6.20. The summed E-state index contributed by atoms with van der Waals surface area (Å²) in [7, 11) is 0. The van der Waals surface area contributed by atoms with Gasteiger partial charge in [-0.1, -0.05) is 12.1 Å². The molecule has 2 aromatic carbocycles. The minimum atomic E-state index is -1.60. The van der Waals surface area contributed by atoms with Crippen molar-refractivity contribution in [2.75, 3.05) is 0 Å². The lowest BCUT2D eigenvalue weighted by atomic mass is 10.0. The van der Waals surface area contributed by atoms with Gasteiger partial charge in [0.1, 0.15) is 0 Å². The topological polar surface area (TPSA) is 182 Å². The van der Waals surface area contributed by atoms with Gasteiger partial charge in [0.25, 0.3) is 0 Å². The lowest BCUT2D eigenvalue weighted by Gasteiger charge is -2.13. The first-order valence-corrected chi connectivity index (χ1v) is 8.46. The van der Waals surface area contributed by atoms with Crippen molar-refractivity contribution in [3.05, 3.63) is 53.1 Å². The standard InChI is InChI=1S/C20H18O10/c21-13-4-1-10(7-15(13)23)8-16(20(28)29)30-18(26)6-3-11-2-5-14(22)19(27)12(11)9-17(24)25/h1-7,16,21-23,27H,8-9H2,(H,24,25)(H,28,29). The third-order valence-electron chi connectivity index (χ3n) is 4.02. The van der Waals surface area contributed by atoms with Gasteiger partial charge in [-0.3, -0.25) is 4.79 Å². The Morgan fingerprint density at radius 1 is 0.933 bits per heavy atom. The van der Waals surface area contributed by atoms with Crippen LogP contribution in [0.15, 0.2) is 36.4 Å². The number of carbonyl (C=O) groups excluding carboxylic acids is 1. The molecule has 10 heteroatoms. The number of phenols is 4. The zero-order valence-corrected chi connectivity index (χ0v) is 15.3. The molecule has 158 valence electrons. The van der Waals surface area contributed by atoms with Crippen LogP contribution in [0.3, 0.4) is 0 Å². The predicted octanol–water partition coefficient (Wildman–Crippen LogP) is 1.39. The third kappa shape index (κ3) is 5.64. The maximum absolute atomic E-state index is 12.0. The van der Waals surface area contributed by atoms with Gasteiger partial charge in [0, 0.05) is 18.1 Å². The number of benzene rings is 2. The minimum absolute atomic E-state index is 0.111. The summed E-state index contributed by atoms with van der Waals surface area (Å²) in [5, 5.41) is 56.3. The molecule has 0 aliphatic carbocycles. The van der Waals surface area contributed by atoms with Crippen molar-refractivity contribution in [2.45, 2.75) is 18.9 Å². The molecular weight excluding hydrogens is 400 g/mol. The maximum atomic E-state index is 12.0. The van der Waals surface area contributed by atoms with Crippen LogP contribution in [0.2, 0.25) is 0 Å². The zero-order valence-electron chi connectivity index (χ0n) is 15.3. The molecule has 0 spiro atoms. The van der Waals surface area contributed by atoms with Gasteiger partial charge in [-0.05, 0) is 35.4 Å². The minimum Gasteiger partial charge on any atom is -0.504 e. The van der Waals surface area contributed by atoms with Crippen LogP contribution in [0.5, 0.6) is 23.0 Å². The lowest BCUT2D eigenvalue weighted by Crippen LogP contribution is -2.28. The SMILES string of the molecule is O=C(O)Cc1c(C=CC(=O)OC(Cc2ccc(O)c(O)c2)C(=O)O)ccc(O)c1O. The molecule has 0 aliphatic rings. The van der Waals surface area contributed by atoms with E-state index in [1.807, 2.05) is 0 Å². The number of ether oxygens (including phenoxy) is 1. The monoisotopic (exact) mass is 418 g/mol. The molecule has 1 unspecified atom stereocenters. The van der Waals surface area contributed by atoms with E-state index in [1.54, 1.807) is 0 Å². The summed E-state index contributed by atoms with van der Waals surface area (Å²) < 4.78 is 4.89. The lowest BCUT2D eigenvalue weighted by molar-refractivity contribution is -0.160. The second kappa shape index (κ2) is 9.32. The molecule has 10 nitrogen and oxygen atoms in total. The van der Waals surface area contributed by atoms with Crippen molar-refractivity contribution < 1.29 is 49.8 Å². The number of carbonyl (C=O) groups is 3. The van der Waals surface area contributed by atoms with E-state index in [4.69, 9.17) is 9.84 Å². The fourth-order valence-electron chi connectivity index (χ4n) is 2.56. The van der Waals surface area contributed by atoms with Crippen molar-refractivity contribution in [2.24, 2.45) is 0 Å². The Morgan fingerprint density at radius 2 is 1.60 bits per heavy atom. The molecule has 0 fully saturated rings. The number of carboxylic acids is 2. The highest BCUT2D eigenvalue weighted by atomic mass is 16.6. The highest BCUT2D eigenvalue weighted by molar-refractivity contribution is 5.90. The predicted molar refractivity (Wildman–Crippen MR) is 101 cm³/mol. The van der Waals surface area contributed by atoms with Gasteiger partial charge in [-0.15, -0.1) is 0 Å². The van der Waals surface area contributed by atoms with Crippen LogP contribution in [-0.2, 0) is 32.0 Å². The van der Waals surface area contributed by atoms with E-state index in [2.05, 4.69) is 0 Å². The van der Waals surface area contributed by atoms with Crippen molar-refractivity contribution in [1.29, 1.82) is 0 Å². The van der Waals surface area contributed by atoms with Crippen LogP contribution in [0.1, 0.15) is 16.7 Å². The van der Waals surface area contributed by atoms with Crippen LogP contribution in [-0.4, -0.2) is 54.7 Å². The fraction of sp³-hybridized carbons (Fsp3) is 0.150. The first-order valence-electron chi connectivity index (χ1n) is 8.46. The third-order valence-corrected chi connectivity index (χ3v) is 4.02. The Bertz CT molecular complexity index is 1010. The molecular formula is C20H18O10. The summed E-state index contributed by atoms with van der Waals surface area (Å²) in [6.07, 6.45) is -0.547. The molecule has 2 aromatic rings. The van der Waals surface area contributed by atoms with Gasteiger partial charge < -0.3 is 35.4 Å². The first kappa shape index (κ1) is 22.1. The van der Waals surface area contributed by atoms with Gasteiger partial charge >= 0.3 is 17.9 Å². The van der Waals surface area contributed by atoms with Gasteiger partial charge in [0.2, 0.25) is 6.10 Å². The Kier molecular flexibility index (Phi) is 6.86. The van der Waals surface area contributed by atoms with Crippen molar-refractivity contribution in [1.82, 2.24) is 0 Å². The highest BCUT2D eigenvalue weighted by Gasteiger charge is 2.22. The number of phenolic OH excluding ortho intramolecular Hbond substituents is 4. The largest absolute Gasteiger partial charge is 0.504 e. The van der Waals surface area contributed by atoms with Crippen LogP contribution in [0.25, 0.3) is 6.08 Å². The molecule has 0 amide bonds. The quantitative estimate of drug-likeness (QED) is 0.208. The Morgan fingerprint density at radius 3 is 2.20 bits per heavy atom. The molecule has 0 aliphatic heterocycles. The van der Waals surface area contributed by atoms with Gasteiger partial charge in [0.15, 0.2) is 23.0 Å². The summed E-state index contributed by atoms with van der Waals surface area (Å²) in [6.45, 7) is 0. The number of carboxylic acid groups (broad SMARTS) is 2. The molecule has 1 atom stereocenters. The summed E-state index contributed by atoms with van der Waals surface area (Å²) in [5.74, 6) is -5.81. The number of aliphatic carboxylic acids is 2. The van der Waals surface area contributed by atoms with E-state index in [0.717, 1.165) is 30.4 Å². The Hall–Kier alpha value is -4.21.